The number of aromatic nitrogens is 1. The number of nitrogens with zero attached hydrogens (tertiary/aromatic N) is 2. The van der Waals surface area contributed by atoms with Gasteiger partial charge in [0.05, 0.1) is 16.8 Å². The van der Waals surface area contributed by atoms with Gasteiger partial charge in [-0.05, 0) is 33.1 Å². The van der Waals surface area contributed by atoms with Gasteiger partial charge in [-0.1, -0.05) is 12.8 Å². The fraction of sp³-hybridized carbons (Fsp3) is 0.789. The molecule has 3 aliphatic rings. The molecule has 0 aromatic carbocycles. The van der Waals surface area contributed by atoms with E-state index in [9.17, 15) is 0 Å². The molecule has 0 bridgehead atoms. The highest BCUT2D eigenvalue weighted by Gasteiger charge is 2.65. The van der Waals surface area contributed by atoms with E-state index in [1.807, 2.05) is 0 Å². The summed E-state index contributed by atoms with van der Waals surface area (Å²) in [5.74, 6) is 1.64. The molecule has 4 rings (SSSR count). The maximum atomic E-state index is 6.10. The Labute approximate surface area is 177 Å². The summed E-state index contributed by atoms with van der Waals surface area (Å²) < 4.78 is 6.10. The number of aryl methyl sites for hydroxylation is 1. The monoisotopic (exact) mass is 490 g/mol. The Balaban J connectivity index is 0.00000196. The van der Waals surface area contributed by atoms with Crippen LogP contribution in [-0.4, -0.2) is 42.8 Å². The number of guanidine groups is 1. The van der Waals surface area contributed by atoms with Crippen LogP contribution in [0, 0.1) is 18.3 Å². The Morgan fingerprint density at radius 2 is 2.23 bits per heavy atom. The maximum absolute atomic E-state index is 6.10. The minimum atomic E-state index is 0. The summed E-state index contributed by atoms with van der Waals surface area (Å²) in [4.78, 5) is 9.36. The molecule has 2 N–H and O–H groups in total. The lowest BCUT2D eigenvalue weighted by Crippen LogP contribution is -2.69. The predicted molar refractivity (Wildman–Crippen MR) is 118 cm³/mol. The SMILES string of the molecule is CCNC(=NCCc1csc(C)n1)NC1C2CCOC2C12CCCC2.I. The van der Waals surface area contributed by atoms with Crippen LogP contribution in [0.15, 0.2) is 10.4 Å². The number of hydrogen-bond donors (Lipinski definition) is 2. The van der Waals surface area contributed by atoms with Crippen LogP contribution in [0.25, 0.3) is 0 Å². The van der Waals surface area contributed by atoms with Crippen molar-refractivity contribution in [3.05, 3.63) is 16.1 Å². The molecule has 2 aliphatic carbocycles. The van der Waals surface area contributed by atoms with Gasteiger partial charge in [-0.25, -0.2) is 4.98 Å². The number of aliphatic imine (C=N–C) groups is 1. The molecule has 3 fully saturated rings. The summed E-state index contributed by atoms with van der Waals surface area (Å²) in [5.41, 5.74) is 1.52. The third-order valence-electron chi connectivity index (χ3n) is 6.23. The standard InChI is InChI=1S/C19H30N4OS.HI/c1-3-20-18(21-10-6-14-12-25-13(2)22-14)23-16-15-7-11-24-17(15)19(16)8-4-5-9-19;/h12,15-17H,3-11H2,1-2H3,(H2,20,21,23);1H. The number of nitrogens with one attached hydrogen (secondary N) is 2. The lowest BCUT2D eigenvalue weighted by molar-refractivity contribution is -0.125. The summed E-state index contributed by atoms with van der Waals surface area (Å²) in [7, 11) is 0. The van der Waals surface area contributed by atoms with Gasteiger partial charge in [-0.15, -0.1) is 35.3 Å². The van der Waals surface area contributed by atoms with E-state index in [2.05, 4.69) is 34.8 Å². The first-order valence-corrected chi connectivity index (χ1v) is 10.7. The molecular weight excluding hydrogens is 459 g/mol. The van der Waals surface area contributed by atoms with Crippen molar-refractivity contribution in [1.82, 2.24) is 15.6 Å². The zero-order valence-corrected chi connectivity index (χ0v) is 18.9. The van der Waals surface area contributed by atoms with Crippen molar-refractivity contribution in [2.24, 2.45) is 16.3 Å². The number of hydrogen-bond acceptors (Lipinski definition) is 4. The molecule has 1 saturated heterocycles. The first-order chi connectivity index (χ1) is 12.2. The van der Waals surface area contributed by atoms with E-state index >= 15 is 0 Å². The van der Waals surface area contributed by atoms with Crippen LogP contribution in [0.4, 0.5) is 0 Å². The first kappa shape index (κ1) is 20.3. The van der Waals surface area contributed by atoms with Gasteiger partial charge in [-0.2, -0.15) is 0 Å². The summed E-state index contributed by atoms with van der Waals surface area (Å²) in [5, 5.41) is 10.5. The van der Waals surface area contributed by atoms with Crippen molar-refractivity contribution in [2.45, 2.75) is 64.5 Å². The van der Waals surface area contributed by atoms with Crippen molar-refractivity contribution in [1.29, 1.82) is 0 Å². The van der Waals surface area contributed by atoms with Gasteiger partial charge >= 0.3 is 0 Å². The number of rotatable bonds is 5. The summed E-state index contributed by atoms with van der Waals surface area (Å²) in [6, 6.07) is 0.529. The molecule has 146 valence electrons. The third-order valence-corrected chi connectivity index (χ3v) is 7.05. The van der Waals surface area contributed by atoms with Gasteiger partial charge in [0.25, 0.3) is 0 Å². The minimum absolute atomic E-state index is 0. The molecule has 3 atom stereocenters. The zero-order chi connectivity index (χ0) is 17.3. The van der Waals surface area contributed by atoms with Crippen LogP contribution in [0.1, 0.15) is 49.7 Å². The van der Waals surface area contributed by atoms with E-state index < -0.39 is 0 Å². The van der Waals surface area contributed by atoms with Crippen LogP contribution >= 0.6 is 35.3 Å². The highest BCUT2D eigenvalue weighted by molar-refractivity contribution is 14.0. The van der Waals surface area contributed by atoms with Gasteiger partial charge in [0.15, 0.2) is 5.96 Å². The molecule has 3 unspecified atom stereocenters. The zero-order valence-electron chi connectivity index (χ0n) is 15.8. The van der Waals surface area contributed by atoms with E-state index in [0.29, 0.717) is 23.5 Å². The second-order valence-corrected chi connectivity index (χ2v) is 8.74. The molecular formula is C19H31IN4OS. The quantitative estimate of drug-likeness (QED) is 0.377. The topological polar surface area (TPSA) is 58.5 Å². The highest BCUT2D eigenvalue weighted by atomic mass is 127. The third kappa shape index (κ3) is 3.76. The van der Waals surface area contributed by atoms with E-state index in [4.69, 9.17) is 9.73 Å². The minimum Gasteiger partial charge on any atom is -0.377 e. The summed E-state index contributed by atoms with van der Waals surface area (Å²) in [6.07, 6.45) is 7.91. The molecule has 1 aliphatic heterocycles. The van der Waals surface area contributed by atoms with E-state index in [1.54, 1.807) is 11.3 Å². The lowest BCUT2D eigenvalue weighted by Gasteiger charge is -2.57. The molecule has 7 heteroatoms. The Morgan fingerprint density at radius 1 is 1.42 bits per heavy atom. The van der Waals surface area contributed by atoms with Gasteiger partial charge < -0.3 is 15.4 Å². The molecule has 26 heavy (non-hydrogen) atoms. The fourth-order valence-corrected chi connectivity index (χ4v) is 5.82. The molecule has 0 radical (unpaired) electrons. The molecule has 0 amide bonds. The molecule has 5 nitrogen and oxygen atoms in total. The van der Waals surface area contributed by atoms with Crippen LogP contribution < -0.4 is 10.6 Å². The number of fused-ring (bicyclic) bond motifs is 2. The van der Waals surface area contributed by atoms with Crippen LogP contribution in [0.3, 0.4) is 0 Å². The Hall–Kier alpha value is -0.410. The predicted octanol–water partition coefficient (Wildman–Crippen LogP) is 3.51. The fourth-order valence-electron chi connectivity index (χ4n) is 5.18. The highest BCUT2D eigenvalue weighted by Crippen LogP contribution is 2.60. The average molecular weight is 490 g/mol. The van der Waals surface area contributed by atoms with Crippen LogP contribution in [0.5, 0.6) is 0 Å². The first-order valence-electron chi connectivity index (χ1n) is 9.80. The van der Waals surface area contributed by atoms with Gasteiger partial charge in [0.1, 0.15) is 0 Å². The number of ether oxygens (including phenoxy) is 1. The van der Waals surface area contributed by atoms with Crippen molar-refractivity contribution >= 4 is 41.3 Å². The Morgan fingerprint density at radius 3 is 2.92 bits per heavy atom. The Kier molecular flexibility index (Phi) is 6.83. The normalized spacial score (nSPS) is 29.2. The lowest BCUT2D eigenvalue weighted by atomic mass is 9.54. The van der Waals surface area contributed by atoms with Crippen molar-refractivity contribution in [3.63, 3.8) is 0 Å². The van der Waals surface area contributed by atoms with Gasteiger partial charge in [0, 0.05) is 48.9 Å². The van der Waals surface area contributed by atoms with E-state index in [1.165, 1.54) is 32.1 Å². The van der Waals surface area contributed by atoms with Crippen LogP contribution in [0.2, 0.25) is 0 Å². The van der Waals surface area contributed by atoms with Crippen molar-refractivity contribution < 1.29 is 4.74 Å². The average Bonchev–Trinajstić information content (AvgIpc) is 3.32. The number of thiazole rings is 1. The summed E-state index contributed by atoms with van der Waals surface area (Å²) in [6.45, 7) is 6.80. The molecule has 1 aromatic heterocycles. The van der Waals surface area contributed by atoms with Gasteiger partial charge in [0.2, 0.25) is 0 Å². The maximum Gasteiger partial charge on any atom is 0.191 e. The molecule has 1 spiro atoms. The molecule has 1 aromatic rings. The summed E-state index contributed by atoms with van der Waals surface area (Å²) >= 11 is 1.72. The molecule has 2 saturated carbocycles. The second-order valence-electron chi connectivity index (χ2n) is 7.67. The van der Waals surface area contributed by atoms with Crippen molar-refractivity contribution in [3.8, 4) is 0 Å². The van der Waals surface area contributed by atoms with Crippen molar-refractivity contribution in [2.75, 3.05) is 19.7 Å². The number of halogens is 1. The van der Waals surface area contributed by atoms with E-state index in [0.717, 1.165) is 42.8 Å². The van der Waals surface area contributed by atoms with Gasteiger partial charge in [-0.3, -0.25) is 4.99 Å². The van der Waals surface area contributed by atoms with Crippen LogP contribution in [-0.2, 0) is 11.2 Å². The second kappa shape index (κ2) is 8.73. The van der Waals surface area contributed by atoms with E-state index in [-0.39, 0.29) is 24.0 Å². The smallest absolute Gasteiger partial charge is 0.191 e. The largest absolute Gasteiger partial charge is 0.377 e. The molecule has 2 heterocycles. The Bertz CT molecular complexity index is 629.